The van der Waals surface area contributed by atoms with Crippen molar-refractivity contribution in [2.24, 2.45) is 0 Å². The van der Waals surface area contributed by atoms with Gasteiger partial charge in [-0.2, -0.15) is 0 Å². The third kappa shape index (κ3) is 3.62. The topological polar surface area (TPSA) is 46.2 Å². The highest BCUT2D eigenvalue weighted by atomic mass is 127. The van der Waals surface area contributed by atoms with Crippen LogP contribution in [-0.4, -0.2) is 8.42 Å². The van der Waals surface area contributed by atoms with Crippen molar-refractivity contribution in [1.29, 1.82) is 0 Å². The van der Waals surface area contributed by atoms with Crippen LogP contribution < -0.4 is 4.72 Å². The van der Waals surface area contributed by atoms with E-state index in [0.717, 1.165) is 8.04 Å². The predicted octanol–water partition coefficient (Wildman–Crippen LogP) is 4.51. The Labute approximate surface area is 138 Å². The van der Waals surface area contributed by atoms with Crippen molar-refractivity contribution in [2.75, 3.05) is 4.72 Å². The summed E-state index contributed by atoms with van der Waals surface area (Å²) in [6.07, 6.45) is 0. The van der Waals surface area contributed by atoms with Crippen LogP contribution in [0.4, 0.5) is 5.69 Å². The first kappa shape index (κ1) is 15.1. The molecule has 0 atom stereocenters. The molecular formula is C12H8BrClINO2S. The van der Waals surface area contributed by atoms with Crippen LogP contribution in [0.3, 0.4) is 0 Å². The summed E-state index contributed by atoms with van der Waals surface area (Å²) >= 11 is 11.3. The summed E-state index contributed by atoms with van der Waals surface area (Å²) in [7, 11) is -3.69. The van der Waals surface area contributed by atoms with Crippen LogP contribution in [0, 0.1) is 3.57 Å². The first-order valence-electron chi connectivity index (χ1n) is 5.12. The maximum Gasteiger partial charge on any atom is 0.263 e. The lowest BCUT2D eigenvalue weighted by Crippen LogP contribution is -2.14. The van der Waals surface area contributed by atoms with E-state index in [2.05, 4.69) is 43.2 Å². The van der Waals surface area contributed by atoms with Gasteiger partial charge >= 0.3 is 0 Å². The van der Waals surface area contributed by atoms with Crippen molar-refractivity contribution in [2.45, 2.75) is 4.90 Å². The van der Waals surface area contributed by atoms with Gasteiger partial charge in [-0.05, 0) is 52.9 Å². The molecule has 0 saturated carbocycles. The summed E-state index contributed by atoms with van der Waals surface area (Å²) in [5, 5.41) is 0.194. The van der Waals surface area contributed by atoms with Gasteiger partial charge in [0, 0.05) is 8.04 Å². The molecule has 0 aliphatic rings. The Kier molecular flexibility index (Phi) is 4.75. The van der Waals surface area contributed by atoms with Crippen LogP contribution in [0.1, 0.15) is 0 Å². The molecule has 0 aliphatic carbocycles. The third-order valence-electron chi connectivity index (χ3n) is 2.30. The maximum absolute atomic E-state index is 12.3. The number of nitrogens with one attached hydrogen (secondary N) is 1. The number of hydrogen-bond acceptors (Lipinski definition) is 2. The molecule has 2 rings (SSSR count). The van der Waals surface area contributed by atoms with Crippen LogP contribution in [0.25, 0.3) is 0 Å². The Balaban J connectivity index is 2.43. The summed E-state index contributed by atoms with van der Waals surface area (Å²) in [5.74, 6) is 0. The van der Waals surface area contributed by atoms with Gasteiger partial charge in [-0.1, -0.05) is 39.7 Å². The van der Waals surface area contributed by atoms with E-state index in [1.807, 2.05) is 12.1 Å². The quantitative estimate of drug-likeness (QED) is 0.669. The van der Waals surface area contributed by atoms with Crippen molar-refractivity contribution < 1.29 is 8.42 Å². The summed E-state index contributed by atoms with van der Waals surface area (Å²) in [4.78, 5) is 0.0624. The number of sulfonamides is 1. The van der Waals surface area contributed by atoms with Crippen LogP contribution >= 0.6 is 50.1 Å². The summed E-state index contributed by atoms with van der Waals surface area (Å²) < 4.78 is 28.7. The third-order valence-corrected chi connectivity index (χ3v) is 5.60. The SMILES string of the molecule is O=S(=O)(Nc1cc(Br)ccc1I)c1ccccc1Cl. The van der Waals surface area contributed by atoms with Crippen molar-refractivity contribution in [3.8, 4) is 0 Å². The van der Waals surface area contributed by atoms with E-state index in [1.165, 1.54) is 6.07 Å². The zero-order valence-electron chi connectivity index (χ0n) is 9.40. The zero-order chi connectivity index (χ0) is 14.0. The lowest BCUT2D eigenvalue weighted by Gasteiger charge is -2.11. The number of rotatable bonds is 3. The van der Waals surface area contributed by atoms with E-state index < -0.39 is 10.0 Å². The van der Waals surface area contributed by atoms with E-state index in [0.29, 0.717) is 5.69 Å². The van der Waals surface area contributed by atoms with Gasteiger partial charge < -0.3 is 0 Å². The summed E-state index contributed by atoms with van der Waals surface area (Å²) in [6, 6.07) is 11.7. The van der Waals surface area contributed by atoms with Gasteiger partial charge in [-0.25, -0.2) is 8.42 Å². The monoisotopic (exact) mass is 471 g/mol. The Morgan fingerprint density at radius 1 is 1.16 bits per heavy atom. The van der Waals surface area contributed by atoms with Gasteiger partial charge in [-0.3, -0.25) is 4.72 Å². The number of benzene rings is 2. The Bertz CT molecular complexity index is 721. The van der Waals surface area contributed by atoms with Gasteiger partial charge in [0.25, 0.3) is 10.0 Å². The minimum absolute atomic E-state index is 0.0624. The molecular weight excluding hydrogens is 464 g/mol. The first-order valence-corrected chi connectivity index (χ1v) is 8.86. The number of halogens is 3. The van der Waals surface area contributed by atoms with Gasteiger partial charge in [0.15, 0.2) is 0 Å². The first-order chi connectivity index (χ1) is 8.90. The average Bonchev–Trinajstić information content (AvgIpc) is 2.34. The molecule has 0 fully saturated rings. The lowest BCUT2D eigenvalue weighted by molar-refractivity contribution is 0.601. The van der Waals surface area contributed by atoms with Gasteiger partial charge in [0.2, 0.25) is 0 Å². The molecule has 0 amide bonds. The largest absolute Gasteiger partial charge is 0.278 e. The molecule has 0 aliphatic heterocycles. The molecule has 2 aromatic rings. The van der Waals surface area contributed by atoms with Gasteiger partial charge in [-0.15, -0.1) is 0 Å². The Morgan fingerprint density at radius 3 is 2.53 bits per heavy atom. The van der Waals surface area contributed by atoms with Crippen molar-refractivity contribution >= 4 is 65.8 Å². The molecule has 0 heterocycles. The zero-order valence-corrected chi connectivity index (χ0v) is 14.7. The fraction of sp³-hybridized carbons (Fsp3) is 0. The molecule has 0 spiro atoms. The van der Waals surface area contributed by atoms with Crippen molar-refractivity contribution in [1.82, 2.24) is 0 Å². The van der Waals surface area contributed by atoms with E-state index in [9.17, 15) is 8.42 Å². The summed E-state index contributed by atoms with van der Waals surface area (Å²) in [5.41, 5.74) is 0.509. The van der Waals surface area contributed by atoms with E-state index in [1.54, 1.807) is 24.3 Å². The molecule has 100 valence electrons. The maximum atomic E-state index is 12.3. The molecule has 7 heteroatoms. The van der Waals surface area contributed by atoms with E-state index in [-0.39, 0.29) is 9.92 Å². The highest BCUT2D eigenvalue weighted by Gasteiger charge is 2.18. The molecule has 0 aromatic heterocycles. The van der Waals surface area contributed by atoms with E-state index in [4.69, 9.17) is 11.6 Å². The molecule has 19 heavy (non-hydrogen) atoms. The minimum Gasteiger partial charge on any atom is -0.278 e. The highest BCUT2D eigenvalue weighted by molar-refractivity contribution is 14.1. The van der Waals surface area contributed by atoms with Gasteiger partial charge in [0.1, 0.15) is 4.90 Å². The molecule has 0 bridgehead atoms. The fourth-order valence-electron chi connectivity index (χ4n) is 1.44. The smallest absolute Gasteiger partial charge is 0.263 e. The second-order valence-electron chi connectivity index (χ2n) is 3.66. The molecule has 0 unspecified atom stereocenters. The van der Waals surface area contributed by atoms with E-state index >= 15 is 0 Å². The fourth-order valence-corrected chi connectivity index (χ4v) is 4.04. The van der Waals surface area contributed by atoms with Crippen LogP contribution in [0.2, 0.25) is 5.02 Å². The lowest BCUT2D eigenvalue weighted by atomic mass is 10.3. The van der Waals surface area contributed by atoms with Gasteiger partial charge in [0.05, 0.1) is 10.7 Å². The van der Waals surface area contributed by atoms with Crippen molar-refractivity contribution in [3.05, 3.63) is 55.5 Å². The number of anilines is 1. The van der Waals surface area contributed by atoms with Crippen LogP contribution in [0.15, 0.2) is 51.8 Å². The van der Waals surface area contributed by atoms with Crippen LogP contribution in [-0.2, 0) is 10.0 Å². The normalized spacial score (nSPS) is 11.3. The second-order valence-corrected chi connectivity index (χ2v) is 7.80. The van der Waals surface area contributed by atoms with Crippen molar-refractivity contribution in [3.63, 3.8) is 0 Å². The average molecular weight is 473 g/mol. The predicted molar refractivity (Wildman–Crippen MR) is 89.1 cm³/mol. The Hall–Kier alpha value is -0.310. The number of hydrogen-bond donors (Lipinski definition) is 1. The Morgan fingerprint density at radius 2 is 1.84 bits per heavy atom. The summed E-state index contributed by atoms with van der Waals surface area (Å²) in [6.45, 7) is 0. The molecule has 0 radical (unpaired) electrons. The second kappa shape index (κ2) is 5.99. The molecule has 1 N–H and O–H groups in total. The highest BCUT2D eigenvalue weighted by Crippen LogP contribution is 2.27. The minimum atomic E-state index is -3.69. The van der Waals surface area contributed by atoms with Crippen LogP contribution in [0.5, 0.6) is 0 Å². The standard InChI is InChI=1S/C12H8BrClINO2S/c13-8-5-6-10(15)11(7-8)16-19(17,18)12-4-2-1-3-9(12)14/h1-7,16H. The molecule has 0 saturated heterocycles. The molecule has 2 aromatic carbocycles. The molecule has 3 nitrogen and oxygen atoms in total.